The lowest BCUT2D eigenvalue weighted by Gasteiger charge is -2.25. The minimum absolute atomic E-state index is 0.250. The maximum absolute atomic E-state index is 8.79. The Balaban J connectivity index is 0. The second kappa shape index (κ2) is 19.8. The summed E-state index contributed by atoms with van der Waals surface area (Å²) in [7, 11) is 0. The molecule has 5 N–H and O–H groups in total. The summed E-state index contributed by atoms with van der Waals surface area (Å²) in [6, 6.07) is 0. The molecule has 0 unspecified atom stereocenters. The molecule has 1 rings (SSSR count). The van der Waals surface area contributed by atoms with Gasteiger partial charge in [-0.25, -0.2) is 0 Å². The molecule has 0 aromatic carbocycles. The molecule has 1 saturated carbocycles. The third-order valence-corrected chi connectivity index (χ3v) is 3.55. The van der Waals surface area contributed by atoms with Crippen molar-refractivity contribution in [3.63, 3.8) is 0 Å². The second-order valence-corrected chi connectivity index (χ2v) is 5.43. The first-order chi connectivity index (χ1) is 10.2. The smallest absolute Gasteiger partial charge is 0.0459 e. The Morgan fingerprint density at radius 2 is 0.905 bits per heavy atom. The third-order valence-electron chi connectivity index (χ3n) is 3.55. The van der Waals surface area contributed by atoms with Crippen molar-refractivity contribution < 1.29 is 25.5 Å². The largest absolute Gasteiger partial charge is 0.397 e. The average molecular weight is 308 g/mol. The standard InChI is InChI=1S/C8H16O2.C6H14O2.C2H6O/c9-5-7-1-2-8(6-10)4-3-7;7-5-3-1-2-4-6-8;1-2-3/h7-10H,1-6H2;7-8H,1-6H2;3H,2H2,1H3. The molecule has 130 valence electrons. The second-order valence-electron chi connectivity index (χ2n) is 5.43. The van der Waals surface area contributed by atoms with Gasteiger partial charge in [-0.15, -0.1) is 0 Å². The molecule has 0 bridgehead atoms. The van der Waals surface area contributed by atoms with Crippen LogP contribution in [0, 0.1) is 11.8 Å². The molecule has 0 saturated heterocycles. The van der Waals surface area contributed by atoms with Gasteiger partial charge in [0.05, 0.1) is 0 Å². The molecule has 5 heteroatoms. The van der Waals surface area contributed by atoms with Crippen molar-refractivity contribution in [3.05, 3.63) is 0 Å². The van der Waals surface area contributed by atoms with E-state index in [1.54, 1.807) is 6.92 Å². The summed E-state index contributed by atoms with van der Waals surface area (Å²) < 4.78 is 0. The van der Waals surface area contributed by atoms with Crippen molar-refractivity contribution in [3.8, 4) is 0 Å². The highest BCUT2D eigenvalue weighted by atomic mass is 16.3. The molecule has 1 aliphatic rings. The van der Waals surface area contributed by atoms with Gasteiger partial charge in [-0.1, -0.05) is 12.8 Å². The van der Waals surface area contributed by atoms with Gasteiger partial charge in [0.1, 0.15) is 0 Å². The van der Waals surface area contributed by atoms with Gasteiger partial charge in [0.25, 0.3) is 0 Å². The van der Waals surface area contributed by atoms with Crippen LogP contribution in [0.1, 0.15) is 58.3 Å². The fraction of sp³-hybridized carbons (Fsp3) is 1.00. The SMILES string of the molecule is CCO.OCC1CCC(CO)CC1.OCCCCCCO. The van der Waals surface area contributed by atoms with Gasteiger partial charge in [0.2, 0.25) is 0 Å². The number of aliphatic hydroxyl groups excluding tert-OH is 5. The zero-order valence-corrected chi connectivity index (χ0v) is 13.6. The quantitative estimate of drug-likeness (QED) is 0.457. The van der Waals surface area contributed by atoms with Crippen LogP contribution in [-0.4, -0.2) is 58.6 Å². The summed E-state index contributed by atoms with van der Waals surface area (Å²) in [5, 5.41) is 41.8. The van der Waals surface area contributed by atoms with Crippen molar-refractivity contribution in [1.82, 2.24) is 0 Å². The van der Waals surface area contributed by atoms with E-state index in [2.05, 4.69) is 0 Å². The van der Waals surface area contributed by atoms with E-state index in [9.17, 15) is 0 Å². The van der Waals surface area contributed by atoms with Crippen molar-refractivity contribution in [2.75, 3.05) is 33.0 Å². The zero-order valence-electron chi connectivity index (χ0n) is 13.6. The van der Waals surface area contributed by atoms with Gasteiger partial charge in [-0.2, -0.15) is 0 Å². The van der Waals surface area contributed by atoms with Crippen molar-refractivity contribution in [2.24, 2.45) is 11.8 Å². The van der Waals surface area contributed by atoms with Crippen LogP contribution in [-0.2, 0) is 0 Å². The Labute approximate surface area is 129 Å². The molecular weight excluding hydrogens is 272 g/mol. The highest BCUT2D eigenvalue weighted by molar-refractivity contribution is 4.70. The summed E-state index contributed by atoms with van der Waals surface area (Å²) in [5.41, 5.74) is 0. The predicted molar refractivity (Wildman–Crippen MR) is 85.0 cm³/mol. The Bertz CT molecular complexity index is 152. The molecule has 1 aliphatic carbocycles. The Morgan fingerprint density at radius 3 is 1.10 bits per heavy atom. The van der Waals surface area contributed by atoms with Gasteiger partial charge in [-0.3, -0.25) is 0 Å². The van der Waals surface area contributed by atoms with Gasteiger partial charge in [0, 0.05) is 33.0 Å². The molecular formula is C16H36O5. The van der Waals surface area contributed by atoms with Gasteiger partial charge in [0.15, 0.2) is 0 Å². The van der Waals surface area contributed by atoms with Gasteiger partial charge >= 0.3 is 0 Å². The molecule has 0 spiro atoms. The topological polar surface area (TPSA) is 101 Å². The molecule has 0 aromatic heterocycles. The van der Waals surface area contributed by atoms with E-state index >= 15 is 0 Å². The maximum atomic E-state index is 8.79. The van der Waals surface area contributed by atoms with Crippen molar-refractivity contribution in [2.45, 2.75) is 58.3 Å². The predicted octanol–water partition coefficient (Wildman–Crippen LogP) is 1.31. The van der Waals surface area contributed by atoms with E-state index in [1.165, 1.54) is 0 Å². The van der Waals surface area contributed by atoms with Crippen LogP contribution < -0.4 is 0 Å². The van der Waals surface area contributed by atoms with E-state index in [0.717, 1.165) is 51.4 Å². The van der Waals surface area contributed by atoms with Crippen LogP contribution in [0.25, 0.3) is 0 Å². The van der Waals surface area contributed by atoms with E-state index in [4.69, 9.17) is 25.5 Å². The minimum Gasteiger partial charge on any atom is -0.397 e. The Morgan fingerprint density at radius 1 is 0.619 bits per heavy atom. The van der Waals surface area contributed by atoms with Crippen molar-refractivity contribution >= 4 is 0 Å². The summed E-state index contributed by atoms with van der Waals surface area (Å²) in [4.78, 5) is 0. The average Bonchev–Trinajstić information content (AvgIpc) is 2.53. The van der Waals surface area contributed by atoms with Crippen molar-refractivity contribution in [1.29, 1.82) is 0 Å². The van der Waals surface area contributed by atoms with Gasteiger partial charge < -0.3 is 25.5 Å². The molecule has 0 radical (unpaired) electrons. The fourth-order valence-electron chi connectivity index (χ4n) is 2.17. The number of aliphatic hydroxyl groups is 5. The zero-order chi connectivity index (χ0) is 16.3. The number of hydrogen-bond donors (Lipinski definition) is 5. The third kappa shape index (κ3) is 17.7. The monoisotopic (exact) mass is 308 g/mol. The highest BCUT2D eigenvalue weighted by Gasteiger charge is 2.19. The maximum Gasteiger partial charge on any atom is 0.0459 e. The van der Waals surface area contributed by atoms with Crippen LogP contribution in [0.15, 0.2) is 0 Å². The summed E-state index contributed by atoms with van der Waals surface area (Å²) in [6.45, 7) is 3.16. The summed E-state index contributed by atoms with van der Waals surface area (Å²) in [6.07, 6.45) is 8.22. The summed E-state index contributed by atoms with van der Waals surface area (Å²) >= 11 is 0. The first-order valence-corrected chi connectivity index (χ1v) is 8.24. The molecule has 5 nitrogen and oxygen atoms in total. The van der Waals surface area contributed by atoms with Crippen LogP contribution in [0.5, 0.6) is 0 Å². The summed E-state index contributed by atoms with van der Waals surface area (Å²) in [5.74, 6) is 1.03. The highest BCUT2D eigenvalue weighted by Crippen LogP contribution is 2.27. The number of rotatable bonds is 7. The van der Waals surface area contributed by atoms with Gasteiger partial charge in [-0.05, 0) is 57.3 Å². The van der Waals surface area contributed by atoms with E-state index in [1.807, 2.05) is 0 Å². The first kappa shape index (κ1) is 23.1. The molecule has 21 heavy (non-hydrogen) atoms. The number of hydrogen-bond acceptors (Lipinski definition) is 5. The fourth-order valence-corrected chi connectivity index (χ4v) is 2.17. The molecule has 0 aromatic rings. The first-order valence-electron chi connectivity index (χ1n) is 8.24. The molecule has 0 aliphatic heterocycles. The molecule has 0 heterocycles. The van der Waals surface area contributed by atoms with Crippen LogP contribution in [0.3, 0.4) is 0 Å². The Hall–Kier alpha value is -0.200. The number of unbranched alkanes of at least 4 members (excludes halogenated alkanes) is 3. The lowest BCUT2D eigenvalue weighted by atomic mass is 9.83. The van der Waals surface area contributed by atoms with E-state index < -0.39 is 0 Å². The molecule has 1 fully saturated rings. The normalized spacial score (nSPS) is 20.9. The van der Waals surface area contributed by atoms with Crippen LogP contribution in [0.4, 0.5) is 0 Å². The lowest BCUT2D eigenvalue weighted by Crippen LogP contribution is -2.19. The Kier molecular flexibility index (Phi) is 21.8. The van der Waals surface area contributed by atoms with E-state index in [0.29, 0.717) is 25.0 Å². The van der Waals surface area contributed by atoms with E-state index in [-0.39, 0.29) is 19.8 Å². The van der Waals surface area contributed by atoms with Crippen LogP contribution in [0.2, 0.25) is 0 Å². The molecule has 0 atom stereocenters. The minimum atomic E-state index is 0.250. The van der Waals surface area contributed by atoms with Crippen LogP contribution >= 0.6 is 0 Å². The molecule has 0 amide bonds. The lowest BCUT2D eigenvalue weighted by molar-refractivity contribution is 0.131.